The van der Waals surface area contributed by atoms with E-state index in [1.165, 1.54) is 5.56 Å². The molecule has 4 heteroatoms. The fourth-order valence-electron chi connectivity index (χ4n) is 2.85. The average Bonchev–Trinajstić information content (AvgIpc) is 2.57. The normalized spacial score (nSPS) is 11.5. The molecule has 1 unspecified atom stereocenters. The van der Waals surface area contributed by atoms with Crippen LogP contribution in [0.25, 0.3) is 0 Å². The first kappa shape index (κ1) is 24.0. The SMILES string of the molecule is CCCCOc1cc(C)c(PC(=O)c2ccc(C(C)(C)C)cc2)c(C)c1.[LiH]. The van der Waals surface area contributed by atoms with Crippen LogP contribution in [-0.4, -0.2) is 31.0 Å². The fraction of sp³-hybridized carbons (Fsp3) is 0.435. The molecule has 0 aliphatic rings. The van der Waals surface area contributed by atoms with Crippen LogP contribution in [0.15, 0.2) is 36.4 Å². The Bertz CT molecular complexity index is 738. The van der Waals surface area contributed by atoms with Crippen LogP contribution in [-0.2, 0) is 5.41 Å². The van der Waals surface area contributed by atoms with Crippen molar-refractivity contribution in [3.8, 4) is 5.75 Å². The van der Waals surface area contributed by atoms with Crippen molar-refractivity contribution in [1.29, 1.82) is 0 Å². The van der Waals surface area contributed by atoms with E-state index in [-0.39, 0.29) is 38.4 Å². The molecule has 0 amide bonds. The van der Waals surface area contributed by atoms with E-state index in [9.17, 15) is 4.79 Å². The molecule has 2 aromatic rings. The van der Waals surface area contributed by atoms with Crippen molar-refractivity contribution in [1.82, 2.24) is 0 Å². The number of ether oxygens (including phenoxy) is 1. The molecule has 2 aromatic carbocycles. The van der Waals surface area contributed by atoms with Gasteiger partial charge in [-0.1, -0.05) is 58.4 Å². The van der Waals surface area contributed by atoms with Gasteiger partial charge in [-0.15, -0.1) is 0 Å². The number of hydrogen-bond acceptors (Lipinski definition) is 2. The Hall–Kier alpha value is -1.06. The summed E-state index contributed by atoms with van der Waals surface area (Å²) in [5, 5.41) is 1.14. The van der Waals surface area contributed by atoms with Gasteiger partial charge in [-0.2, -0.15) is 0 Å². The van der Waals surface area contributed by atoms with Gasteiger partial charge in [0.1, 0.15) is 5.75 Å². The number of carbonyl (C=O) groups is 1. The van der Waals surface area contributed by atoms with Crippen LogP contribution in [0.1, 0.15) is 67.6 Å². The van der Waals surface area contributed by atoms with Crippen molar-refractivity contribution in [2.24, 2.45) is 0 Å². The summed E-state index contributed by atoms with van der Waals surface area (Å²) >= 11 is 0. The summed E-state index contributed by atoms with van der Waals surface area (Å²) in [5.74, 6) is 0.906. The van der Waals surface area contributed by atoms with Gasteiger partial charge in [0.15, 0.2) is 5.52 Å². The van der Waals surface area contributed by atoms with Gasteiger partial charge in [-0.05, 0) is 68.4 Å². The number of benzene rings is 2. The molecular formula is C23H32LiO2P. The summed E-state index contributed by atoms with van der Waals surface area (Å²) in [6, 6.07) is 12.2. The summed E-state index contributed by atoms with van der Waals surface area (Å²) in [6.07, 6.45) is 2.19. The summed E-state index contributed by atoms with van der Waals surface area (Å²) in [4.78, 5) is 12.8. The number of rotatable bonds is 7. The van der Waals surface area contributed by atoms with Gasteiger partial charge in [-0.25, -0.2) is 0 Å². The molecule has 0 heterocycles. The van der Waals surface area contributed by atoms with Gasteiger partial charge in [0, 0.05) is 5.56 Å². The number of unbranched alkanes of at least 4 members (excludes halogenated alkanes) is 1. The molecule has 2 rings (SSSR count). The maximum atomic E-state index is 12.8. The van der Waals surface area contributed by atoms with Crippen molar-refractivity contribution in [3.63, 3.8) is 0 Å². The van der Waals surface area contributed by atoms with E-state index < -0.39 is 0 Å². The molecule has 2 nitrogen and oxygen atoms in total. The molecule has 0 aliphatic heterocycles. The Morgan fingerprint density at radius 2 is 1.59 bits per heavy atom. The maximum absolute atomic E-state index is 12.8. The molecule has 0 saturated heterocycles. The summed E-state index contributed by atoms with van der Waals surface area (Å²) < 4.78 is 5.82. The van der Waals surface area contributed by atoms with E-state index in [2.05, 4.69) is 65.8 Å². The zero-order chi connectivity index (χ0) is 19.3. The first-order chi connectivity index (χ1) is 12.2. The third-order valence-corrected chi connectivity index (χ3v) is 6.08. The van der Waals surface area contributed by atoms with E-state index in [0.717, 1.165) is 47.2 Å². The topological polar surface area (TPSA) is 26.3 Å². The van der Waals surface area contributed by atoms with Crippen molar-refractivity contribution < 1.29 is 9.53 Å². The monoisotopic (exact) mass is 378 g/mol. The number of aryl methyl sites for hydroxylation is 2. The van der Waals surface area contributed by atoms with Crippen LogP contribution in [0.4, 0.5) is 0 Å². The Balaban J connectivity index is 0.00000364. The molecule has 0 aliphatic carbocycles. The molecular weight excluding hydrogens is 346 g/mol. The van der Waals surface area contributed by atoms with E-state index in [1.807, 2.05) is 12.1 Å². The molecule has 0 aromatic heterocycles. The number of carbonyl (C=O) groups excluding carboxylic acids is 1. The van der Waals surface area contributed by atoms with Gasteiger partial charge >= 0.3 is 18.9 Å². The Morgan fingerprint density at radius 1 is 1.04 bits per heavy atom. The van der Waals surface area contributed by atoms with Gasteiger partial charge in [-0.3, -0.25) is 4.79 Å². The van der Waals surface area contributed by atoms with Gasteiger partial charge < -0.3 is 4.74 Å². The Morgan fingerprint density at radius 3 is 2.07 bits per heavy atom. The molecule has 27 heavy (non-hydrogen) atoms. The van der Waals surface area contributed by atoms with E-state index in [4.69, 9.17) is 4.74 Å². The summed E-state index contributed by atoms with van der Waals surface area (Å²) in [6.45, 7) is 13.6. The van der Waals surface area contributed by atoms with Crippen LogP contribution in [0.2, 0.25) is 0 Å². The average molecular weight is 378 g/mol. The second-order valence-corrected chi connectivity index (χ2v) is 9.12. The van der Waals surface area contributed by atoms with Crippen LogP contribution in [0.5, 0.6) is 5.75 Å². The van der Waals surface area contributed by atoms with E-state index in [1.54, 1.807) is 0 Å². The summed E-state index contributed by atoms with van der Waals surface area (Å²) in [5.41, 5.74) is 4.60. The van der Waals surface area contributed by atoms with Crippen LogP contribution < -0.4 is 10.0 Å². The number of hydrogen-bond donors (Lipinski definition) is 0. The van der Waals surface area contributed by atoms with Crippen molar-refractivity contribution in [2.45, 2.75) is 59.8 Å². The minimum absolute atomic E-state index is 0. The second-order valence-electron chi connectivity index (χ2n) is 7.92. The zero-order valence-electron chi connectivity index (χ0n) is 16.9. The van der Waals surface area contributed by atoms with Crippen molar-refractivity contribution in [2.75, 3.05) is 6.61 Å². The summed E-state index contributed by atoms with van der Waals surface area (Å²) in [7, 11) is 0.141. The fourth-order valence-corrected chi connectivity index (χ4v) is 3.92. The molecule has 0 spiro atoms. The minimum atomic E-state index is 0. The van der Waals surface area contributed by atoms with Crippen LogP contribution >= 0.6 is 8.58 Å². The van der Waals surface area contributed by atoms with Crippen molar-refractivity contribution in [3.05, 3.63) is 58.7 Å². The third kappa shape index (κ3) is 6.80. The van der Waals surface area contributed by atoms with Gasteiger partial charge in [0.2, 0.25) is 0 Å². The van der Waals surface area contributed by atoms with Gasteiger partial charge in [0.25, 0.3) is 0 Å². The molecule has 0 saturated carbocycles. The Kier molecular flexibility index (Phi) is 9.30. The molecule has 0 bridgehead atoms. The standard InChI is InChI=1S/C23H31O2P.Li.H/c1-7-8-13-25-20-14-16(2)21(17(3)15-20)26-22(24)18-9-11-19(12-10-18)23(4,5)6;;/h9-12,14-15,26H,7-8,13H2,1-6H3;;. The predicted molar refractivity (Wildman–Crippen MR) is 121 cm³/mol. The van der Waals surface area contributed by atoms with Crippen molar-refractivity contribution >= 4 is 38.3 Å². The van der Waals surface area contributed by atoms with Crippen LogP contribution in [0.3, 0.4) is 0 Å². The third-order valence-electron chi connectivity index (χ3n) is 4.52. The molecule has 0 fully saturated rings. The van der Waals surface area contributed by atoms with E-state index >= 15 is 0 Å². The van der Waals surface area contributed by atoms with Gasteiger partial charge in [0.05, 0.1) is 6.61 Å². The van der Waals surface area contributed by atoms with E-state index in [0.29, 0.717) is 0 Å². The second kappa shape index (κ2) is 10.5. The molecule has 0 N–H and O–H groups in total. The first-order valence-electron chi connectivity index (χ1n) is 9.38. The predicted octanol–water partition coefficient (Wildman–Crippen LogP) is 5.28. The zero-order valence-corrected chi connectivity index (χ0v) is 17.9. The molecule has 142 valence electrons. The molecule has 1 atom stereocenters. The quantitative estimate of drug-likeness (QED) is 0.372. The molecule has 0 radical (unpaired) electrons. The first-order valence-corrected chi connectivity index (χ1v) is 10.4. The Labute approximate surface area is 178 Å². The van der Waals surface area contributed by atoms with Crippen LogP contribution in [0, 0.1) is 13.8 Å².